The van der Waals surface area contributed by atoms with Crippen molar-refractivity contribution >= 4 is 17.6 Å². The van der Waals surface area contributed by atoms with Gasteiger partial charge in [0.15, 0.2) is 0 Å². The van der Waals surface area contributed by atoms with Gasteiger partial charge in [0.1, 0.15) is 6.04 Å². The summed E-state index contributed by atoms with van der Waals surface area (Å²) in [6.45, 7) is 10.2. The van der Waals surface area contributed by atoms with E-state index in [4.69, 9.17) is 0 Å². The summed E-state index contributed by atoms with van der Waals surface area (Å²) in [4.78, 5) is 26.3. The van der Waals surface area contributed by atoms with Crippen molar-refractivity contribution < 1.29 is 9.59 Å². The Kier molecular flexibility index (Phi) is 7.59. The fraction of sp³-hybridized carbons (Fsp3) is 0.556. The van der Waals surface area contributed by atoms with Crippen LogP contribution in [0.5, 0.6) is 0 Å². The second-order valence-electron chi connectivity index (χ2n) is 5.78. The second kappa shape index (κ2) is 9.18. The highest BCUT2D eigenvalue weighted by molar-refractivity contribution is 5.96. The molecule has 0 saturated heterocycles. The lowest BCUT2D eigenvalue weighted by atomic mass is 10.2. The first-order valence-corrected chi connectivity index (χ1v) is 8.37. The van der Waals surface area contributed by atoms with Gasteiger partial charge >= 0.3 is 6.03 Å². The van der Waals surface area contributed by atoms with Crippen molar-refractivity contribution in [1.82, 2.24) is 10.2 Å². The summed E-state index contributed by atoms with van der Waals surface area (Å²) in [7, 11) is 0. The minimum absolute atomic E-state index is 0.143. The van der Waals surface area contributed by atoms with Gasteiger partial charge in [0.2, 0.25) is 5.91 Å². The highest BCUT2D eigenvalue weighted by atomic mass is 16.2. The molecule has 1 aromatic rings. The Morgan fingerprint density at radius 2 is 1.65 bits per heavy atom. The summed E-state index contributed by atoms with van der Waals surface area (Å²) in [5, 5.41) is 5.84. The molecule has 0 aliphatic rings. The summed E-state index contributed by atoms with van der Waals surface area (Å²) >= 11 is 0. The molecule has 23 heavy (non-hydrogen) atoms. The highest BCUT2D eigenvalue weighted by Crippen LogP contribution is 2.11. The Morgan fingerprint density at radius 1 is 1.09 bits per heavy atom. The fourth-order valence-corrected chi connectivity index (χ4v) is 2.37. The molecule has 1 aromatic carbocycles. The van der Waals surface area contributed by atoms with Crippen LogP contribution in [0.3, 0.4) is 0 Å². The Balaban J connectivity index is 2.70. The van der Waals surface area contributed by atoms with Crippen LogP contribution in [0.15, 0.2) is 24.3 Å². The maximum absolute atomic E-state index is 12.4. The molecule has 5 heteroatoms. The van der Waals surface area contributed by atoms with Crippen LogP contribution in [-0.4, -0.2) is 35.5 Å². The molecule has 0 radical (unpaired) electrons. The number of carbonyl (C=O) groups is 2. The third-order valence-electron chi connectivity index (χ3n) is 4.08. The maximum atomic E-state index is 12.4. The summed E-state index contributed by atoms with van der Waals surface area (Å²) in [5.41, 5.74) is 1.87. The fourth-order valence-electron chi connectivity index (χ4n) is 2.37. The average Bonchev–Trinajstić information content (AvgIpc) is 2.55. The third kappa shape index (κ3) is 5.58. The molecule has 0 aromatic heterocycles. The van der Waals surface area contributed by atoms with Crippen LogP contribution >= 0.6 is 0 Å². The van der Waals surface area contributed by atoms with Gasteiger partial charge in [-0.1, -0.05) is 31.5 Å². The summed E-state index contributed by atoms with van der Waals surface area (Å²) in [6, 6.07) is 7.03. The van der Waals surface area contributed by atoms with E-state index in [1.165, 1.54) is 0 Å². The topological polar surface area (TPSA) is 61.4 Å². The molecule has 0 aliphatic heterocycles. The van der Waals surface area contributed by atoms with Crippen LogP contribution in [0, 0.1) is 6.92 Å². The van der Waals surface area contributed by atoms with E-state index < -0.39 is 6.04 Å². The van der Waals surface area contributed by atoms with Crippen molar-refractivity contribution in [2.24, 2.45) is 0 Å². The molecule has 0 heterocycles. The van der Waals surface area contributed by atoms with Crippen LogP contribution < -0.4 is 10.6 Å². The number of urea groups is 1. The lowest BCUT2D eigenvalue weighted by molar-refractivity contribution is -0.119. The second-order valence-corrected chi connectivity index (χ2v) is 5.78. The third-order valence-corrected chi connectivity index (χ3v) is 4.08. The maximum Gasteiger partial charge on any atom is 0.318 e. The van der Waals surface area contributed by atoms with Gasteiger partial charge in [-0.05, 0) is 45.7 Å². The number of nitrogens with one attached hydrogen (secondary N) is 2. The monoisotopic (exact) mass is 319 g/mol. The first-order valence-electron chi connectivity index (χ1n) is 8.37. The zero-order valence-corrected chi connectivity index (χ0v) is 14.8. The first kappa shape index (κ1) is 19.0. The van der Waals surface area contributed by atoms with Crippen molar-refractivity contribution in [1.29, 1.82) is 0 Å². The van der Waals surface area contributed by atoms with Crippen molar-refractivity contribution in [3.8, 4) is 0 Å². The van der Waals surface area contributed by atoms with Gasteiger partial charge in [-0.25, -0.2) is 4.79 Å². The number of anilines is 1. The number of likely N-dealkylation sites (N-methyl/N-ethyl adjacent to an activating group) is 1. The molecular formula is C18H29N3O2. The van der Waals surface area contributed by atoms with E-state index in [9.17, 15) is 9.59 Å². The number of hydrogen-bond donors (Lipinski definition) is 2. The normalized spacial score (nSPS) is 11.9. The van der Waals surface area contributed by atoms with Gasteiger partial charge < -0.3 is 15.5 Å². The Labute approximate surface area is 139 Å². The number of rotatable bonds is 7. The van der Waals surface area contributed by atoms with Gasteiger partial charge in [0.25, 0.3) is 0 Å². The number of hydrogen-bond acceptors (Lipinski definition) is 2. The summed E-state index contributed by atoms with van der Waals surface area (Å²) in [5.74, 6) is -0.185. The van der Waals surface area contributed by atoms with E-state index in [1.807, 2.05) is 52.0 Å². The molecule has 1 atom stereocenters. The lowest BCUT2D eigenvalue weighted by Gasteiger charge is -2.29. The molecule has 3 amide bonds. The van der Waals surface area contributed by atoms with Crippen molar-refractivity contribution in [2.45, 2.75) is 59.5 Å². The van der Waals surface area contributed by atoms with Gasteiger partial charge in [0.05, 0.1) is 0 Å². The number of aryl methyl sites for hydroxylation is 1. The largest absolute Gasteiger partial charge is 0.335 e. The van der Waals surface area contributed by atoms with Crippen molar-refractivity contribution in [2.75, 3.05) is 11.9 Å². The van der Waals surface area contributed by atoms with E-state index in [0.29, 0.717) is 6.54 Å². The van der Waals surface area contributed by atoms with Crippen LogP contribution in [0.25, 0.3) is 0 Å². The van der Waals surface area contributed by atoms with E-state index in [1.54, 1.807) is 11.8 Å². The molecule has 0 spiro atoms. The molecule has 0 fully saturated rings. The Bertz CT molecular complexity index is 510. The minimum Gasteiger partial charge on any atom is -0.335 e. The quantitative estimate of drug-likeness (QED) is 0.807. The number of benzene rings is 1. The molecule has 5 nitrogen and oxygen atoms in total. The SMILES string of the molecule is CCC(CC)NC(=O)N(CC)[C@H](C)C(=O)Nc1ccc(C)cc1. The Hall–Kier alpha value is -2.04. The molecule has 128 valence electrons. The van der Waals surface area contributed by atoms with Gasteiger partial charge in [-0.15, -0.1) is 0 Å². The predicted molar refractivity (Wildman–Crippen MR) is 94.6 cm³/mol. The smallest absolute Gasteiger partial charge is 0.318 e. The lowest BCUT2D eigenvalue weighted by Crippen LogP contribution is -2.51. The van der Waals surface area contributed by atoms with Crippen molar-refractivity contribution in [3.63, 3.8) is 0 Å². The minimum atomic E-state index is -0.532. The number of amides is 3. The first-order chi connectivity index (χ1) is 10.9. The van der Waals surface area contributed by atoms with Crippen LogP contribution in [0.2, 0.25) is 0 Å². The molecule has 2 N–H and O–H groups in total. The predicted octanol–water partition coefficient (Wildman–Crippen LogP) is 3.54. The van der Waals surface area contributed by atoms with Gasteiger partial charge in [-0.2, -0.15) is 0 Å². The van der Waals surface area contributed by atoms with Crippen LogP contribution in [-0.2, 0) is 4.79 Å². The summed E-state index contributed by atoms with van der Waals surface area (Å²) in [6.07, 6.45) is 1.76. The molecule has 0 bridgehead atoms. The highest BCUT2D eigenvalue weighted by Gasteiger charge is 2.25. The molecular weight excluding hydrogens is 290 g/mol. The van der Waals surface area contributed by atoms with E-state index in [2.05, 4.69) is 10.6 Å². The number of carbonyl (C=O) groups excluding carboxylic acids is 2. The van der Waals surface area contributed by atoms with Gasteiger partial charge in [0, 0.05) is 18.3 Å². The van der Waals surface area contributed by atoms with E-state index in [0.717, 1.165) is 24.1 Å². The Morgan fingerprint density at radius 3 is 2.13 bits per heavy atom. The molecule has 0 saturated carbocycles. The number of nitrogens with zero attached hydrogens (tertiary/aromatic N) is 1. The molecule has 1 rings (SSSR count). The summed E-state index contributed by atoms with van der Waals surface area (Å²) < 4.78 is 0. The molecule has 0 aliphatic carbocycles. The van der Waals surface area contributed by atoms with E-state index >= 15 is 0 Å². The van der Waals surface area contributed by atoms with Crippen LogP contribution in [0.1, 0.15) is 46.1 Å². The van der Waals surface area contributed by atoms with E-state index in [-0.39, 0.29) is 18.0 Å². The average molecular weight is 319 g/mol. The van der Waals surface area contributed by atoms with Crippen molar-refractivity contribution in [3.05, 3.63) is 29.8 Å². The standard InChI is InChI=1S/C18H29N3O2/c1-6-15(7-2)20-18(23)21(8-3)14(5)17(22)19-16-11-9-13(4)10-12-16/h9-12,14-15H,6-8H2,1-5H3,(H,19,22)(H,20,23)/t14-/m1/s1. The molecule has 0 unspecified atom stereocenters. The van der Waals surface area contributed by atoms with Crippen LogP contribution in [0.4, 0.5) is 10.5 Å². The van der Waals surface area contributed by atoms with Gasteiger partial charge in [-0.3, -0.25) is 4.79 Å². The zero-order chi connectivity index (χ0) is 17.4. The zero-order valence-electron chi connectivity index (χ0n) is 14.8.